The fourth-order valence-corrected chi connectivity index (χ4v) is 10.7. The molecular weight excluding hydrogens is 641 g/mol. The van der Waals surface area contributed by atoms with Crippen LogP contribution in [0.4, 0.5) is 0 Å². The lowest BCUT2D eigenvalue weighted by Crippen LogP contribution is -1.91. The summed E-state index contributed by atoms with van der Waals surface area (Å²) >= 11 is 3.86. The summed E-state index contributed by atoms with van der Waals surface area (Å²) in [5.74, 6) is 0. The number of benzene rings is 9. The Bertz CT molecular complexity index is 3010. The van der Waals surface area contributed by atoms with E-state index in [2.05, 4.69) is 170 Å². The van der Waals surface area contributed by atoms with E-state index in [1.165, 1.54) is 106 Å². The highest BCUT2D eigenvalue weighted by molar-refractivity contribution is 7.29. The molecule has 0 bridgehead atoms. The number of hydrogen-bond donors (Lipinski definition) is 0. The van der Waals surface area contributed by atoms with Crippen LogP contribution in [0.2, 0.25) is 0 Å². The molecule has 0 unspecified atom stereocenters. The maximum Gasteiger partial charge on any atom is 0.0448 e. The van der Waals surface area contributed by atoms with Crippen molar-refractivity contribution in [3.05, 3.63) is 170 Å². The molecular formula is C48H28S2. The van der Waals surface area contributed by atoms with Gasteiger partial charge in [-0.1, -0.05) is 140 Å². The Hall–Kier alpha value is -5.80. The molecule has 11 aromatic rings. The van der Waals surface area contributed by atoms with Gasteiger partial charge in [-0.05, 0) is 84.9 Å². The maximum absolute atomic E-state index is 2.46. The van der Waals surface area contributed by atoms with Crippen molar-refractivity contribution in [1.82, 2.24) is 0 Å². The quantitative estimate of drug-likeness (QED) is 0.164. The molecule has 2 heteroatoms. The van der Waals surface area contributed by atoms with E-state index in [1.807, 2.05) is 22.7 Å². The van der Waals surface area contributed by atoms with Crippen molar-refractivity contribution in [2.75, 3.05) is 0 Å². The second kappa shape index (κ2) is 10.9. The summed E-state index contributed by atoms with van der Waals surface area (Å²) in [6, 6.07) is 63.0. The standard InChI is InChI=1S/C48H28S2/c1-2-13-30-26-32(25-24-29(30)12-1)31-14-11-15-33(27-31)44-36-18-3-5-20-38(36)45(39-21-6-4-19-37(39)44)46-47-40(34-16-7-9-22-42(34)49-47)28-41-35-17-8-10-23-43(35)50-48(41)46/h1-28H. The van der Waals surface area contributed by atoms with Gasteiger partial charge < -0.3 is 0 Å². The van der Waals surface area contributed by atoms with Gasteiger partial charge in [-0.3, -0.25) is 0 Å². The fraction of sp³-hybridized carbons (Fsp3) is 0. The van der Waals surface area contributed by atoms with Crippen LogP contribution in [-0.2, 0) is 0 Å². The van der Waals surface area contributed by atoms with E-state index in [-0.39, 0.29) is 0 Å². The van der Waals surface area contributed by atoms with Crippen LogP contribution < -0.4 is 0 Å². The molecule has 50 heavy (non-hydrogen) atoms. The molecule has 2 heterocycles. The van der Waals surface area contributed by atoms with Gasteiger partial charge in [0.15, 0.2) is 0 Å². The Kier molecular flexibility index (Phi) is 6.09. The van der Waals surface area contributed by atoms with Gasteiger partial charge in [-0.25, -0.2) is 0 Å². The Morgan fingerprint density at radius 1 is 0.260 bits per heavy atom. The Morgan fingerprint density at radius 3 is 1.36 bits per heavy atom. The summed E-state index contributed by atoms with van der Waals surface area (Å²) in [6.45, 7) is 0. The minimum absolute atomic E-state index is 1.23. The number of fused-ring (bicyclic) bond motifs is 9. The minimum Gasteiger partial charge on any atom is -0.134 e. The first kappa shape index (κ1) is 28.1. The van der Waals surface area contributed by atoms with Gasteiger partial charge in [0.1, 0.15) is 0 Å². The molecule has 0 nitrogen and oxygen atoms in total. The van der Waals surface area contributed by atoms with Gasteiger partial charge in [0.2, 0.25) is 0 Å². The SMILES string of the molecule is c1cc(-c2ccc3ccccc3c2)cc(-c2c3ccccc3c(-c3c4sc5ccccc5c4cc4c3sc3ccccc34)c3ccccc23)c1. The average molecular weight is 669 g/mol. The predicted octanol–water partition coefficient (Wildman–Crippen LogP) is 14.9. The van der Waals surface area contributed by atoms with Crippen LogP contribution in [0.1, 0.15) is 0 Å². The van der Waals surface area contributed by atoms with Crippen LogP contribution in [0.15, 0.2) is 170 Å². The highest BCUT2D eigenvalue weighted by Gasteiger charge is 2.23. The van der Waals surface area contributed by atoms with Crippen LogP contribution in [0.25, 0.3) is 106 Å². The summed E-state index contributed by atoms with van der Waals surface area (Å²) in [7, 11) is 0. The summed E-state index contributed by atoms with van der Waals surface area (Å²) in [4.78, 5) is 0. The van der Waals surface area contributed by atoms with Crippen LogP contribution >= 0.6 is 22.7 Å². The normalized spacial score (nSPS) is 12.0. The van der Waals surface area contributed by atoms with Crippen molar-refractivity contribution < 1.29 is 0 Å². The molecule has 0 aliphatic carbocycles. The summed E-state index contributed by atoms with van der Waals surface area (Å²) in [5.41, 5.74) is 7.69. The lowest BCUT2D eigenvalue weighted by atomic mass is 9.85. The zero-order valence-corrected chi connectivity index (χ0v) is 28.6. The van der Waals surface area contributed by atoms with Crippen molar-refractivity contribution >= 4 is 95.3 Å². The monoisotopic (exact) mass is 668 g/mol. The van der Waals surface area contributed by atoms with Gasteiger partial charge >= 0.3 is 0 Å². The van der Waals surface area contributed by atoms with E-state index in [9.17, 15) is 0 Å². The van der Waals surface area contributed by atoms with Crippen LogP contribution in [0, 0.1) is 0 Å². The van der Waals surface area contributed by atoms with E-state index in [1.54, 1.807) is 0 Å². The molecule has 2 aromatic heterocycles. The molecule has 0 fully saturated rings. The zero-order valence-electron chi connectivity index (χ0n) is 27.0. The maximum atomic E-state index is 2.46. The highest BCUT2D eigenvalue weighted by atomic mass is 32.1. The minimum atomic E-state index is 1.23. The Morgan fingerprint density at radius 2 is 0.740 bits per heavy atom. The third-order valence-corrected chi connectivity index (χ3v) is 12.8. The molecule has 0 saturated heterocycles. The second-order valence-electron chi connectivity index (χ2n) is 13.2. The van der Waals surface area contributed by atoms with Crippen molar-refractivity contribution in [1.29, 1.82) is 0 Å². The second-order valence-corrected chi connectivity index (χ2v) is 15.3. The largest absolute Gasteiger partial charge is 0.134 e. The lowest BCUT2D eigenvalue weighted by molar-refractivity contribution is 1.63. The van der Waals surface area contributed by atoms with Crippen molar-refractivity contribution in [2.24, 2.45) is 0 Å². The zero-order chi connectivity index (χ0) is 32.8. The van der Waals surface area contributed by atoms with E-state index in [0.29, 0.717) is 0 Å². The molecule has 0 spiro atoms. The summed E-state index contributed by atoms with van der Waals surface area (Å²) in [6.07, 6.45) is 0. The number of thiophene rings is 2. The van der Waals surface area contributed by atoms with Gasteiger partial charge in [0.25, 0.3) is 0 Å². The van der Waals surface area contributed by atoms with Crippen LogP contribution in [0.5, 0.6) is 0 Å². The molecule has 0 amide bonds. The number of rotatable bonds is 3. The van der Waals surface area contributed by atoms with E-state index < -0.39 is 0 Å². The molecule has 0 aliphatic heterocycles. The van der Waals surface area contributed by atoms with Crippen LogP contribution in [0.3, 0.4) is 0 Å². The molecule has 0 saturated carbocycles. The molecule has 232 valence electrons. The van der Waals surface area contributed by atoms with Crippen molar-refractivity contribution in [3.63, 3.8) is 0 Å². The topological polar surface area (TPSA) is 0 Å². The van der Waals surface area contributed by atoms with Gasteiger partial charge in [0.05, 0.1) is 0 Å². The van der Waals surface area contributed by atoms with E-state index in [4.69, 9.17) is 0 Å². The van der Waals surface area contributed by atoms with Crippen molar-refractivity contribution in [2.45, 2.75) is 0 Å². The lowest BCUT2D eigenvalue weighted by Gasteiger charge is -2.19. The fourth-order valence-electron chi connectivity index (χ4n) is 8.20. The van der Waals surface area contributed by atoms with E-state index in [0.717, 1.165) is 0 Å². The molecule has 0 atom stereocenters. The third kappa shape index (κ3) is 4.10. The highest BCUT2D eigenvalue weighted by Crippen LogP contribution is 2.53. The summed E-state index contributed by atoms with van der Waals surface area (Å²) < 4.78 is 5.40. The van der Waals surface area contributed by atoms with Gasteiger partial charge in [-0.2, -0.15) is 0 Å². The molecule has 11 rings (SSSR count). The molecule has 9 aromatic carbocycles. The molecule has 0 N–H and O–H groups in total. The van der Waals surface area contributed by atoms with Gasteiger partial charge in [0, 0.05) is 51.5 Å². The predicted molar refractivity (Wildman–Crippen MR) is 221 cm³/mol. The molecule has 0 aliphatic rings. The first-order valence-corrected chi connectivity index (χ1v) is 18.7. The van der Waals surface area contributed by atoms with Gasteiger partial charge in [-0.15, -0.1) is 22.7 Å². The first-order chi connectivity index (χ1) is 24.8. The van der Waals surface area contributed by atoms with Crippen molar-refractivity contribution in [3.8, 4) is 33.4 Å². The van der Waals surface area contributed by atoms with Crippen LogP contribution in [-0.4, -0.2) is 0 Å². The average Bonchev–Trinajstić information content (AvgIpc) is 3.74. The Balaban J connectivity index is 1.26. The summed E-state index contributed by atoms with van der Waals surface area (Å²) in [5, 5.41) is 13.0. The smallest absolute Gasteiger partial charge is 0.0448 e. The first-order valence-electron chi connectivity index (χ1n) is 17.1. The van der Waals surface area contributed by atoms with E-state index >= 15 is 0 Å². The number of hydrogen-bond acceptors (Lipinski definition) is 2. The third-order valence-electron chi connectivity index (χ3n) is 10.4. The molecule has 0 radical (unpaired) electrons. The Labute approximate surface area is 297 Å².